The molecule has 3 rings (SSSR count). The minimum Gasteiger partial charge on any atom is -0.492 e. The Kier molecular flexibility index (Phi) is 5.10. The molecule has 0 unspecified atom stereocenters. The number of carbonyl (C=O) groups is 1. The van der Waals surface area contributed by atoms with E-state index in [4.69, 9.17) is 4.74 Å². The Bertz CT molecular complexity index is 553. The molecule has 2 aliphatic rings. The lowest BCUT2D eigenvalue weighted by atomic mass is 9.95. The van der Waals surface area contributed by atoms with Crippen molar-refractivity contribution in [2.24, 2.45) is 5.92 Å². The van der Waals surface area contributed by atoms with Crippen molar-refractivity contribution in [1.82, 2.24) is 9.80 Å². The highest BCUT2D eigenvalue weighted by Gasteiger charge is 2.30. The van der Waals surface area contributed by atoms with Gasteiger partial charge in [-0.15, -0.1) is 0 Å². The number of ether oxygens (including phenoxy) is 1. The zero-order valence-corrected chi connectivity index (χ0v) is 13.1. The zero-order valence-electron chi connectivity index (χ0n) is 13.1. The number of rotatable bonds is 3. The number of benzene rings is 1. The molecule has 0 saturated carbocycles. The molecule has 4 nitrogen and oxygen atoms in total. The van der Waals surface area contributed by atoms with Gasteiger partial charge in [-0.05, 0) is 24.5 Å². The summed E-state index contributed by atoms with van der Waals surface area (Å²) in [6.07, 6.45) is -0.894. The van der Waals surface area contributed by atoms with Crippen LogP contribution in [-0.2, 0) is 11.2 Å². The largest absolute Gasteiger partial charge is 0.492 e. The predicted octanol–water partition coefficient (Wildman–Crippen LogP) is 2.04. The summed E-state index contributed by atoms with van der Waals surface area (Å²) in [5.74, 6) is 0.764. The second kappa shape index (κ2) is 7.25. The summed E-state index contributed by atoms with van der Waals surface area (Å²) in [4.78, 5) is 16.3. The van der Waals surface area contributed by atoms with Gasteiger partial charge in [-0.3, -0.25) is 9.69 Å². The van der Waals surface area contributed by atoms with E-state index in [0.717, 1.165) is 17.7 Å². The summed E-state index contributed by atoms with van der Waals surface area (Å²) in [6, 6.07) is 7.78. The van der Waals surface area contributed by atoms with Gasteiger partial charge in [0, 0.05) is 26.2 Å². The molecule has 126 valence electrons. The number of alkyl halides is 2. The van der Waals surface area contributed by atoms with Gasteiger partial charge in [0.2, 0.25) is 5.91 Å². The van der Waals surface area contributed by atoms with Crippen LogP contribution in [-0.4, -0.2) is 61.5 Å². The lowest BCUT2D eigenvalue weighted by Gasteiger charge is -2.29. The van der Waals surface area contributed by atoms with Crippen molar-refractivity contribution in [3.05, 3.63) is 29.8 Å². The van der Waals surface area contributed by atoms with Crippen LogP contribution >= 0.6 is 0 Å². The molecule has 1 fully saturated rings. The Morgan fingerprint density at radius 1 is 1.22 bits per heavy atom. The third-order valence-corrected chi connectivity index (χ3v) is 4.52. The van der Waals surface area contributed by atoms with Gasteiger partial charge in [-0.2, -0.15) is 0 Å². The number of carbonyl (C=O) groups excluding carboxylic acids is 1. The van der Waals surface area contributed by atoms with Crippen LogP contribution < -0.4 is 4.74 Å². The maximum absolute atomic E-state index is 12.7. The van der Waals surface area contributed by atoms with Crippen LogP contribution in [0.25, 0.3) is 0 Å². The van der Waals surface area contributed by atoms with Crippen molar-refractivity contribution >= 4 is 5.91 Å². The second-order valence-electron chi connectivity index (χ2n) is 6.19. The highest BCUT2D eigenvalue weighted by atomic mass is 19.3. The van der Waals surface area contributed by atoms with Crippen molar-refractivity contribution in [1.29, 1.82) is 0 Å². The molecule has 0 radical (unpaired) electrons. The van der Waals surface area contributed by atoms with E-state index in [2.05, 4.69) is 0 Å². The maximum Gasteiger partial charge on any atom is 0.251 e. The minimum absolute atomic E-state index is 0.0819. The summed E-state index contributed by atoms with van der Waals surface area (Å²) in [6.45, 7) is 2.48. The van der Waals surface area contributed by atoms with E-state index in [-0.39, 0.29) is 18.4 Å². The molecule has 1 aromatic carbocycles. The first kappa shape index (κ1) is 16.2. The van der Waals surface area contributed by atoms with Gasteiger partial charge in [-0.1, -0.05) is 18.2 Å². The third-order valence-electron chi connectivity index (χ3n) is 4.52. The number of fused-ring (bicyclic) bond motifs is 1. The Labute approximate surface area is 135 Å². The van der Waals surface area contributed by atoms with Gasteiger partial charge in [0.25, 0.3) is 6.43 Å². The highest BCUT2D eigenvalue weighted by Crippen LogP contribution is 2.28. The molecular weight excluding hydrogens is 302 g/mol. The highest BCUT2D eigenvalue weighted by molar-refractivity contribution is 5.79. The molecule has 0 aromatic heterocycles. The SMILES string of the molecule is O=C([C@@H]1COc2ccccc2C1)N1CCCN(CC(F)F)CC1. The number of nitrogens with zero attached hydrogens (tertiary/aromatic N) is 2. The van der Waals surface area contributed by atoms with Crippen LogP contribution in [0.1, 0.15) is 12.0 Å². The zero-order chi connectivity index (χ0) is 16.2. The molecule has 1 aromatic rings. The number of halogens is 2. The summed E-state index contributed by atoms with van der Waals surface area (Å²) in [5.41, 5.74) is 1.06. The van der Waals surface area contributed by atoms with Gasteiger partial charge in [0.1, 0.15) is 12.4 Å². The lowest BCUT2D eigenvalue weighted by Crippen LogP contribution is -2.42. The average molecular weight is 324 g/mol. The standard InChI is InChI=1S/C17H22F2N2O2/c18-16(19)11-20-6-3-7-21(9-8-20)17(22)14-10-13-4-1-2-5-15(13)23-12-14/h1-2,4-5,14,16H,3,6-12H2/t14-/m0/s1. The second-order valence-corrected chi connectivity index (χ2v) is 6.19. The molecule has 0 bridgehead atoms. The Hall–Kier alpha value is -1.69. The lowest BCUT2D eigenvalue weighted by molar-refractivity contribution is -0.136. The van der Waals surface area contributed by atoms with E-state index in [1.54, 1.807) is 4.90 Å². The molecule has 0 spiro atoms. The third kappa shape index (κ3) is 3.99. The normalized spacial score (nSPS) is 22.4. The predicted molar refractivity (Wildman–Crippen MR) is 82.8 cm³/mol. The van der Waals surface area contributed by atoms with Gasteiger partial charge in [0.15, 0.2) is 0 Å². The quantitative estimate of drug-likeness (QED) is 0.853. The van der Waals surface area contributed by atoms with Crippen molar-refractivity contribution in [3.8, 4) is 5.75 Å². The molecule has 6 heteroatoms. The van der Waals surface area contributed by atoms with Gasteiger partial charge >= 0.3 is 0 Å². The van der Waals surface area contributed by atoms with Crippen molar-refractivity contribution in [2.75, 3.05) is 39.3 Å². The van der Waals surface area contributed by atoms with E-state index in [9.17, 15) is 13.6 Å². The van der Waals surface area contributed by atoms with E-state index in [0.29, 0.717) is 39.2 Å². The first-order valence-corrected chi connectivity index (χ1v) is 8.13. The fourth-order valence-electron chi connectivity index (χ4n) is 3.31. The van der Waals surface area contributed by atoms with Crippen LogP contribution in [0.5, 0.6) is 5.75 Å². The Morgan fingerprint density at radius 3 is 2.87 bits per heavy atom. The minimum atomic E-state index is -2.32. The van der Waals surface area contributed by atoms with Crippen molar-refractivity contribution < 1.29 is 18.3 Å². The molecule has 1 amide bonds. The molecule has 2 heterocycles. The van der Waals surface area contributed by atoms with E-state index in [1.807, 2.05) is 29.2 Å². The summed E-state index contributed by atoms with van der Waals surface area (Å²) in [5, 5.41) is 0. The first-order chi connectivity index (χ1) is 11.1. The number of amides is 1. The van der Waals surface area contributed by atoms with Gasteiger partial charge < -0.3 is 9.64 Å². The molecule has 0 aliphatic carbocycles. The summed E-state index contributed by atoms with van der Waals surface area (Å²) in [7, 11) is 0. The molecule has 23 heavy (non-hydrogen) atoms. The number of para-hydroxylation sites is 1. The van der Waals surface area contributed by atoms with Crippen LogP contribution in [0, 0.1) is 5.92 Å². The van der Waals surface area contributed by atoms with E-state index in [1.165, 1.54) is 0 Å². The molecule has 0 N–H and O–H groups in total. The van der Waals surface area contributed by atoms with Crippen LogP contribution in [0.4, 0.5) is 8.78 Å². The van der Waals surface area contributed by atoms with Crippen molar-refractivity contribution in [3.63, 3.8) is 0 Å². The monoisotopic (exact) mass is 324 g/mol. The fraction of sp³-hybridized carbons (Fsp3) is 0.588. The Morgan fingerprint density at radius 2 is 2.04 bits per heavy atom. The molecule has 2 aliphatic heterocycles. The summed E-state index contributed by atoms with van der Waals surface area (Å²) >= 11 is 0. The van der Waals surface area contributed by atoms with Gasteiger partial charge in [0.05, 0.1) is 12.5 Å². The number of hydrogen-bond acceptors (Lipinski definition) is 3. The van der Waals surface area contributed by atoms with Crippen LogP contribution in [0.15, 0.2) is 24.3 Å². The molecular formula is C17H22F2N2O2. The average Bonchev–Trinajstić information content (AvgIpc) is 2.79. The van der Waals surface area contributed by atoms with E-state index >= 15 is 0 Å². The topological polar surface area (TPSA) is 32.8 Å². The fourth-order valence-corrected chi connectivity index (χ4v) is 3.31. The molecule has 1 saturated heterocycles. The first-order valence-electron chi connectivity index (χ1n) is 8.13. The smallest absolute Gasteiger partial charge is 0.251 e. The van der Waals surface area contributed by atoms with Crippen molar-refractivity contribution in [2.45, 2.75) is 19.3 Å². The van der Waals surface area contributed by atoms with Crippen LogP contribution in [0.2, 0.25) is 0 Å². The van der Waals surface area contributed by atoms with Gasteiger partial charge in [-0.25, -0.2) is 8.78 Å². The number of hydrogen-bond donors (Lipinski definition) is 0. The van der Waals surface area contributed by atoms with E-state index < -0.39 is 6.43 Å². The van der Waals surface area contributed by atoms with Crippen LogP contribution in [0.3, 0.4) is 0 Å². The summed E-state index contributed by atoms with van der Waals surface area (Å²) < 4.78 is 30.7. The molecule has 1 atom stereocenters. The Balaban J connectivity index is 1.58. The maximum atomic E-state index is 12.7.